The molecule has 0 saturated heterocycles. The van der Waals surface area contributed by atoms with Gasteiger partial charge in [0.2, 0.25) is 0 Å². The van der Waals surface area contributed by atoms with Crippen molar-refractivity contribution < 1.29 is 0 Å². The highest BCUT2D eigenvalue weighted by Crippen LogP contribution is 2.28. The van der Waals surface area contributed by atoms with Gasteiger partial charge in [0.25, 0.3) is 0 Å². The molecule has 0 unspecified atom stereocenters. The summed E-state index contributed by atoms with van der Waals surface area (Å²) in [6.07, 6.45) is 1.63. The van der Waals surface area contributed by atoms with E-state index in [0.29, 0.717) is 5.69 Å². The fraction of sp³-hybridized carbons (Fsp3) is 0.214. The molecule has 0 aliphatic rings. The SMILES string of the molecule is Cc1ccc(Nc2ncc(N)cc2Br)cc1N(C)C. The molecule has 0 radical (unpaired) electrons. The minimum Gasteiger partial charge on any atom is -0.397 e. The lowest BCUT2D eigenvalue weighted by Crippen LogP contribution is -2.10. The van der Waals surface area contributed by atoms with Gasteiger partial charge in [0.1, 0.15) is 5.82 Å². The Morgan fingerprint density at radius 1 is 1.26 bits per heavy atom. The summed E-state index contributed by atoms with van der Waals surface area (Å²) in [5.41, 5.74) is 9.72. The van der Waals surface area contributed by atoms with Crippen molar-refractivity contribution in [2.45, 2.75) is 6.92 Å². The van der Waals surface area contributed by atoms with Gasteiger partial charge in [-0.1, -0.05) is 6.07 Å². The average Bonchev–Trinajstić information content (AvgIpc) is 2.34. The van der Waals surface area contributed by atoms with E-state index in [1.807, 2.05) is 26.2 Å². The van der Waals surface area contributed by atoms with Crippen molar-refractivity contribution in [3.63, 3.8) is 0 Å². The highest BCUT2D eigenvalue weighted by molar-refractivity contribution is 9.10. The van der Waals surface area contributed by atoms with Gasteiger partial charge in [-0.3, -0.25) is 0 Å². The minimum atomic E-state index is 0.635. The molecule has 0 atom stereocenters. The fourth-order valence-electron chi connectivity index (χ4n) is 1.85. The van der Waals surface area contributed by atoms with Crippen LogP contribution >= 0.6 is 15.9 Å². The number of rotatable bonds is 3. The van der Waals surface area contributed by atoms with Crippen LogP contribution < -0.4 is 16.0 Å². The Balaban J connectivity index is 2.31. The largest absolute Gasteiger partial charge is 0.397 e. The Bertz CT molecular complexity index is 596. The number of nitrogens with one attached hydrogen (secondary N) is 1. The summed E-state index contributed by atoms with van der Waals surface area (Å²) in [7, 11) is 4.06. The first-order chi connectivity index (χ1) is 8.97. The summed E-state index contributed by atoms with van der Waals surface area (Å²) in [6.45, 7) is 2.09. The van der Waals surface area contributed by atoms with Crippen LogP contribution in [0.3, 0.4) is 0 Å². The molecule has 0 saturated carbocycles. The van der Waals surface area contributed by atoms with E-state index in [1.165, 1.54) is 11.3 Å². The molecule has 1 aromatic heterocycles. The van der Waals surface area contributed by atoms with Gasteiger partial charge in [-0.05, 0) is 46.6 Å². The van der Waals surface area contributed by atoms with Crippen LogP contribution in [0.2, 0.25) is 0 Å². The second-order valence-corrected chi connectivity index (χ2v) is 5.47. The number of hydrogen-bond donors (Lipinski definition) is 2. The van der Waals surface area contributed by atoms with E-state index in [2.05, 4.69) is 50.2 Å². The molecule has 0 spiro atoms. The Labute approximate surface area is 121 Å². The molecule has 5 heteroatoms. The van der Waals surface area contributed by atoms with Gasteiger partial charge < -0.3 is 16.0 Å². The molecule has 0 amide bonds. The summed E-state index contributed by atoms with van der Waals surface area (Å²) in [6, 6.07) is 8.05. The number of aromatic nitrogens is 1. The predicted molar refractivity (Wildman–Crippen MR) is 85.1 cm³/mol. The zero-order valence-electron chi connectivity index (χ0n) is 11.2. The predicted octanol–water partition coefficient (Wildman–Crippen LogP) is 3.54. The molecule has 0 aliphatic heterocycles. The number of nitrogens with zero attached hydrogens (tertiary/aromatic N) is 2. The summed E-state index contributed by atoms with van der Waals surface area (Å²) >= 11 is 3.45. The average molecular weight is 321 g/mol. The van der Waals surface area contributed by atoms with Gasteiger partial charge in [-0.2, -0.15) is 0 Å². The van der Waals surface area contributed by atoms with Gasteiger partial charge in [-0.25, -0.2) is 4.98 Å². The number of anilines is 4. The maximum Gasteiger partial charge on any atom is 0.144 e. The Morgan fingerprint density at radius 3 is 2.63 bits per heavy atom. The van der Waals surface area contributed by atoms with E-state index >= 15 is 0 Å². The zero-order valence-corrected chi connectivity index (χ0v) is 12.8. The fourth-order valence-corrected chi connectivity index (χ4v) is 2.32. The monoisotopic (exact) mass is 320 g/mol. The number of nitrogen functional groups attached to an aromatic ring is 1. The molecule has 100 valence electrons. The molecule has 1 heterocycles. The third-order valence-electron chi connectivity index (χ3n) is 2.82. The molecule has 2 aromatic rings. The van der Waals surface area contributed by atoms with E-state index in [4.69, 9.17) is 5.73 Å². The molecule has 1 aromatic carbocycles. The minimum absolute atomic E-state index is 0.635. The molecule has 0 fully saturated rings. The van der Waals surface area contributed by atoms with Crippen molar-refractivity contribution in [2.24, 2.45) is 0 Å². The number of aryl methyl sites for hydroxylation is 1. The van der Waals surface area contributed by atoms with Crippen LogP contribution in [0.25, 0.3) is 0 Å². The van der Waals surface area contributed by atoms with Crippen LogP contribution in [0.5, 0.6) is 0 Å². The summed E-state index contributed by atoms with van der Waals surface area (Å²) in [5, 5.41) is 3.28. The number of nitrogens with two attached hydrogens (primary N) is 1. The smallest absolute Gasteiger partial charge is 0.144 e. The number of pyridine rings is 1. The second kappa shape index (κ2) is 5.48. The van der Waals surface area contributed by atoms with Gasteiger partial charge >= 0.3 is 0 Å². The summed E-state index contributed by atoms with van der Waals surface area (Å²) < 4.78 is 0.847. The molecule has 0 aliphatic carbocycles. The molecular weight excluding hydrogens is 304 g/mol. The number of benzene rings is 1. The second-order valence-electron chi connectivity index (χ2n) is 4.62. The lowest BCUT2D eigenvalue weighted by Gasteiger charge is -2.17. The molecule has 0 bridgehead atoms. The Hall–Kier alpha value is -1.75. The quantitative estimate of drug-likeness (QED) is 0.908. The highest BCUT2D eigenvalue weighted by Gasteiger charge is 2.06. The molecule has 3 N–H and O–H groups in total. The van der Waals surface area contributed by atoms with Gasteiger partial charge in [-0.15, -0.1) is 0 Å². The number of hydrogen-bond acceptors (Lipinski definition) is 4. The molecular formula is C14H17BrN4. The first-order valence-corrected chi connectivity index (χ1v) is 6.72. The number of halogens is 1. The normalized spacial score (nSPS) is 10.3. The van der Waals surface area contributed by atoms with E-state index < -0.39 is 0 Å². The van der Waals surface area contributed by atoms with Crippen LogP contribution in [-0.2, 0) is 0 Å². The van der Waals surface area contributed by atoms with Gasteiger partial charge in [0, 0.05) is 25.5 Å². The lowest BCUT2D eigenvalue weighted by atomic mass is 10.1. The van der Waals surface area contributed by atoms with Crippen LogP contribution in [0.1, 0.15) is 5.56 Å². The Morgan fingerprint density at radius 2 is 2.00 bits per heavy atom. The first-order valence-electron chi connectivity index (χ1n) is 5.93. The topological polar surface area (TPSA) is 54.2 Å². The van der Waals surface area contributed by atoms with Crippen LogP contribution in [-0.4, -0.2) is 19.1 Å². The van der Waals surface area contributed by atoms with E-state index in [-0.39, 0.29) is 0 Å². The molecule has 2 rings (SSSR count). The summed E-state index contributed by atoms with van der Waals surface area (Å²) in [5.74, 6) is 0.753. The third kappa shape index (κ3) is 3.17. The maximum atomic E-state index is 5.68. The van der Waals surface area contributed by atoms with Crippen molar-refractivity contribution in [3.8, 4) is 0 Å². The van der Waals surface area contributed by atoms with Gasteiger partial charge in [0.15, 0.2) is 0 Å². The van der Waals surface area contributed by atoms with Gasteiger partial charge in [0.05, 0.1) is 16.4 Å². The van der Waals surface area contributed by atoms with E-state index in [1.54, 1.807) is 6.20 Å². The zero-order chi connectivity index (χ0) is 14.0. The Kier molecular flexibility index (Phi) is 3.95. The molecule has 4 nitrogen and oxygen atoms in total. The lowest BCUT2D eigenvalue weighted by molar-refractivity contribution is 1.11. The molecule has 19 heavy (non-hydrogen) atoms. The van der Waals surface area contributed by atoms with E-state index in [9.17, 15) is 0 Å². The maximum absolute atomic E-state index is 5.68. The van der Waals surface area contributed by atoms with Crippen LogP contribution in [0, 0.1) is 6.92 Å². The standard InChI is InChI=1S/C14H17BrN4/c1-9-4-5-11(7-13(9)19(2)3)18-14-12(15)6-10(16)8-17-14/h4-8H,16H2,1-3H3,(H,17,18). The van der Waals surface area contributed by atoms with E-state index in [0.717, 1.165) is 16.0 Å². The van der Waals surface area contributed by atoms with Crippen molar-refractivity contribution in [1.82, 2.24) is 4.98 Å². The van der Waals surface area contributed by atoms with Crippen LogP contribution in [0.15, 0.2) is 34.9 Å². The third-order valence-corrected chi connectivity index (χ3v) is 3.42. The van der Waals surface area contributed by atoms with Crippen LogP contribution in [0.4, 0.5) is 22.9 Å². The van der Waals surface area contributed by atoms with Crippen molar-refractivity contribution in [2.75, 3.05) is 30.0 Å². The highest BCUT2D eigenvalue weighted by atomic mass is 79.9. The summed E-state index contributed by atoms with van der Waals surface area (Å²) in [4.78, 5) is 6.36. The van der Waals surface area contributed by atoms with Crippen molar-refractivity contribution in [3.05, 3.63) is 40.5 Å². The van der Waals surface area contributed by atoms with Crippen molar-refractivity contribution >= 4 is 38.8 Å². The van der Waals surface area contributed by atoms with Crippen molar-refractivity contribution in [1.29, 1.82) is 0 Å². The first kappa shape index (κ1) is 13.7.